The van der Waals surface area contributed by atoms with E-state index in [1.54, 1.807) is 0 Å². The molecular weight excluding hydrogens is 326 g/mol. The number of aryl methyl sites for hydroxylation is 1. The molecule has 0 unspecified atom stereocenters. The van der Waals surface area contributed by atoms with Crippen molar-refractivity contribution in [3.8, 4) is 0 Å². The van der Waals surface area contributed by atoms with E-state index in [0.717, 1.165) is 22.9 Å². The highest BCUT2D eigenvalue weighted by atomic mass is 16.4. The Morgan fingerprint density at radius 1 is 1.27 bits per heavy atom. The predicted molar refractivity (Wildman–Crippen MR) is 102 cm³/mol. The molecule has 2 aromatic rings. The third-order valence-corrected chi connectivity index (χ3v) is 7.47. The Hall–Kier alpha value is -2.10. The van der Waals surface area contributed by atoms with Gasteiger partial charge in [-0.2, -0.15) is 0 Å². The van der Waals surface area contributed by atoms with Gasteiger partial charge in [0, 0.05) is 17.5 Å². The number of carbonyl (C=O) groups is 1. The Morgan fingerprint density at radius 3 is 2.69 bits per heavy atom. The smallest absolute Gasteiger partial charge is 0.336 e. The number of rotatable bonds is 3. The fraction of sp³-hybridized carbons (Fsp3) is 0.545. The average Bonchev–Trinajstić information content (AvgIpc) is 2.87. The molecule has 2 aliphatic carbocycles. The van der Waals surface area contributed by atoms with Crippen molar-refractivity contribution in [1.82, 2.24) is 5.32 Å². The van der Waals surface area contributed by atoms with Crippen LogP contribution in [-0.2, 0) is 11.2 Å². The van der Waals surface area contributed by atoms with Crippen molar-refractivity contribution in [3.05, 3.63) is 45.8 Å². The first kappa shape index (κ1) is 17.3. The van der Waals surface area contributed by atoms with E-state index in [2.05, 4.69) is 26.1 Å². The Bertz CT molecular complexity index is 942. The lowest BCUT2D eigenvalue weighted by Crippen LogP contribution is -2.47. The zero-order valence-corrected chi connectivity index (χ0v) is 16.0. The van der Waals surface area contributed by atoms with E-state index in [-0.39, 0.29) is 29.2 Å². The molecule has 4 nitrogen and oxygen atoms in total. The van der Waals surface area contributed by atoms with Crippen LogP contribution in [0, 0.1) is 23.7 Å². The molecule has 2 bridgehead atoms. The summed E-state index contributed by atoms with van der Waals surface area (Å²) in [6.07, 6.45) is 3.71. The molecule has 1 amide bonds. The highest BCUT2D eigenvalue weighted by molar-refractivity contribution is 5.87. The maximum atomic E-state index is 12.8. The van der Waals surface area contributed by atoms with Crippen LogP contribution in [-0.4, -0.2) is 11.9 Å². The Kier molecular flexibility index (Phi) is 3.80. The fourth-order valence-corrected chi connectivity index (χ4v) is 5.32. The molecule has 0 aliphatic heterocycles. The summed E-state index contributed by atoms with van der Waals surface area (Å²) < 4.78 is 5.29. The van der Waals surface area contributed by atoms with E-state index in [9.17, 15) is 9.59 Å². The number of fused-ring (bicyclic) bond motifs is 3. The molecule has 0 saturated heterocycles. The Balaban J connectivity index is 1.57. The molecule has 1 aromatic heterocycles. The van der Waals surface area contributed by atoms with Crippen molar-refractivity contribution in [2.75, 3.05) is 0 Å². The lowest BCUT2D eigenvalue weighted by Gasteiger charge is -2.39. The molecule has 1 heterocycles. The van der Waals surface area contributed by atoms with Crippen molar-refractivity contribution in [2.24, 2.45) is 16.7 Å². The molecule has 4 heteroatoms. The summed E-state index contributed by atoms with van der Waals surface area (Å²) in [4.78, 5) is 24.7. The molecule has 26 heavy (non-hydrogen) atoms. The number of nitrogens with one attached hydrogen (secondary N) is 1. The molecule has 138 valence electrons. The molecule has 4 rings (SSSR count). The van der Waals surface area contributed by atoms with Crippen molar-refractivity contribution >= 4 is 16.9 Å². The van der Waals surface area contributed by atoms with Gasteiger partial charge in [0.15, 0.2) is 0 Å². The summed E-state index contributed by atoms with van der Waals surface area (Å²) in [5.74, 6) is 0.678. The van der Waals surface area contributed by atoms with E-state index in [0.29, 0.717) is 11.5 Å². The zero-order valence-electron chi connectivity index (χ0n) is 16.0. The molecule has 2 fully saturated rings. The van der Waals surface area contributed by atoms with Crippen LogP contribution >= 0.6 is 0 Å². The van der Waals surface area contributed by atoms with Crippen LogP contribution in [0.15, 0.2) is 33.5 Å². The van der Waals surface area contributed by atoms with Crippen molar-refractivity contribution < 1.29 is 9.21 Å². The number of carbonyl (C=O) groups excluding carboxylic acids is 1. The molecule has 1 aromatic carbocycles. The highest BCUT2D eigenvalue weighted by Gasteiger charge is 2.61. The minimum absolute atomic E-state index is 0.00736. The molecule has 0 spiro atoms. The summed E-state index contributed by atoms with van der Waals surface area (Å²) in [6, 6.07) is 7.42. The van der Waals surface area contributed by atoms with E-state index < -0.39 is 5.63 Å². The fourth-order valence-electron chi connectivity index (χ4n) is 5.32. The average molecular weight is 353 g/mol. The maximum Gasteiger partial charge on any atom is 0.336 e. The Labute approximate surface area is 154 Å². The first-order chi connectivity index (χ1) is 12.2. The zero-order chi connectivity index (χ0) is 18.7. The quantitative estimate of drug-likeness (QED) is 0.849. The summed E-state index contributed by atoms with van der Waals surface area (Å²) in [7, 11) is 0. The monoisotopic (exact) mass is 353 g/mol. The number of benzene rings is 1. The van der Waals surface area contributed by atoms with Gasteiger partial charge in [0.2, 0.25) is 5.91 Å². The van der Waals surface area contributed by atoms with Gasteiger partial charge in [-0.05, 0) is 60.1 Å². The van der Waals surface area contributed by atoms with Gasteiger partial charge in [-0.3, -0.25) is 4.79 Å². The van der Waals surface area contributed by atoms with Gasteiger partial charge in [-0.15, -0.1) is 0 Å². The van der Waals surface area contributed by atoms with Gasteiger partial charge in [0.25, 0.3) is 0 Å². The predicted octanol–water partition coefficient (Wildman–Crippen LogP) is 3.97. The van der Waals surface area contributed by atoms with Crippen LogP contribution in [0.1, 0.15) is 51.2 Å². The standard InChI is InChI=1S/C22H27NO3/c1-13-5-6-16-14(11-20(25)26-17(16)9-13)10-19(24)23-18-12-15-7-8-22(18,4)21(15,2)3/h5-6,9,11,15,18H,7-8,10,12H2,1-4H3,(H,23,24)/t15-,18+,22-/m1/s1. The molecule has 1 N–H and O–H groups in total. The summed E-state index contributed by atoms with van der Waals surface area (Å²) in [5, 5.41) is 4.12. The second-order valence-corrected chi connectivity index (χ2v) is 9.00. The maximum absolute atomic E-state index is 12.8. The highest BCUT2D eigenvalue weighted by Crippen LogP contribution is 2.65. The molecule has 3 atom stereocenters. The van der Waals surface area contributed by atoms with Crippen LogP contribution in [0.25, 0.3) is 11.0 Å². The second-order valence-electron chi connectivity index (χ2n) is 9.00. The first-order valence-corrected chi connectivity index (χ1v) is 9.53. The largest absolute Gasteiger partial charge is 0.423 e. The van der Waals surface area contributed by atoms with Crippen LogP contribution in [0.2, 0.25) is 0 Å². The minimum Gasteiger partial charge on any atom is -0.423 e. The molecule has 2 aliphatic rings. The van der Waals surface area contributed by atoms with E-state index in [1.807, 2.05) is 25.1 Å². The van der Waals surface area contributed by atoms with Crippen molar-refractivity contribution in [3.63, 3.8) is 0 Å². The van der Waals surface area contributed by atoms with Crippen LogP contribution < -0.4 is 10.9 Å². The minimum atomic E-state index is -0.404. The Morgan fingerprint density at radius 2 is 2.04 bits per heavy atom. The first-order valence-electron chi connectivity index (χ1n) is 9.53. The second kappa shape index (κ2) is 5.70. The number of amides is 1. The third-order valence-electron chi connectivity index (χ3n) is 7.47. The summed E-state index contributed by atoms with van der Waals surface area (Å²) in [6.45, 7) is 8.96. The van der Waals surface area contributed by atoms with Crippen LogP contribution in [0.5, 0.6) is 0 Å². The SMILES string of the molecule is Cc1ccc2c(CC(=O)N[C@H]3C[C@H]4CC[C@@]3(C)C4(C)C)cc(=O)oc2c1. The van der Waals surface area contributed by atoms with Crippen molar-refractivity contribution in [1.29, 1.82) is 0 Å². The number of hydrogen-bond donors (Lipinski definition) is 1. The van der Waals surface area contributed by atoms with Crippen LogP contribution in [0.3, 0.4) is 0 Å². The van der Waals surface area contributed by atoms with Gasteiger partial charge in [-0.25, -0.2) is 4.79 Å². The molecule has 0 radical (unpaired) electrons. The lowest BCUT2D eigenvalue weighted by molar-refractivity contribution is -0.122. The third kappa shape index (κ3) is 2.50. The van der Waals surface area contributed by atoms with E-state index >= 15 is 0 Å². The summed E-state index contributed by atoms with van der Waals surface area (Å²) >= 11 is 0. The van der Waals surface area contributed by atoms with E-state index in [1.165, 1.54) is 18.9 Å². The lowest BCUT2D eigenvalue weighted by atomic mass is 9.69. The van der Waals surface area contributed by atoms with E-state index in [4.69, 9.17) is 4.42 Å². The molecule has 2 saturated carbocycles. The number of hydrogen-bond acceptors (Lipinski definition) is 3. The topological polar surface area (TPSA) is 59.3 Å². The van der Waals surface area contributed by atoms with Gasteiger partial charge in [-0.1, -0.05) is 32.9 Å². The van der Waals surface area contributed by atoms with Gasteiger partial charge in [0.1, 0.15) is 5.58 Å². The van der Waals surface area contributed by atoms with Crippen molar-refractivity contribution in [2.45, 2.75) is 59.4 Å². The van der Waals surface area contributed by atoms with Crippen LogP contribution in [0.4, 0.5) is 0 Å². The van der Waals surface area contributed by atoms with Gasteiger partial charge >= 0.3 is 5.63 Å². The van der Waals surface area contributed by atoms with Gasteiger partial charge in [0.05, 0.1) is 6.42 Å². The normalized spacial score (nSPS) is 29.2. The molecular formula is C22H27NO3. The van der Waals surface area contributed by atoms with Gasteiger partial charge < -0.3 is 9.73 Å². The summed E-state index contributed by atoms with van der Waals surface area (Å²) in [5.41, 5.74) is 2.33.